The zero-order chi connectivity index (χ0) is 28.2. The minimum atomic E-state index is -5.60. The van der Waals surface area contributed by atoms with Crippen LogP contribution in [-0.2, 0) is 21.2 Å². The summed E-state index contributed by atoms with van der Waals surface area (Å²) in [6, 6.07) is 8.96. The smallest absolute Gasteiger partial charge is 0.320 e. The zero-order valence-electron chi connectivity index (χ0n) is 19.8. The summed E-state index contributed by atoms with van der Waals surface area (Å²) >= 11 is 0. The van der Waals surface area contributed by atoms with Crippen LogP contribution in [0.5, 0.6) is 0 Å². The van der Waals surface area contributed by atoms with Gasteiger partial charge in [-0.1, -0.05) is 0 Å². The summed E-state index contributed by atoms with van der Waals surface area (Å²) in [6.45, 7) is -0.108. The van der Waals surface area contributed by atoms with Crippen molar-refractivity contribution in [3.63, 3.8) is 0 Å². The van der Waals surface area contributed by atoms with Crippen LogP contribution in [0.15, 0.2) is 71.9 Å². The van der Waals surface area contributed by atoms with Crippen molar-refractivity contribution in [1.29, 1.82) is 0 Å². The van der Waals surface area contributed by atoms with Gasteiger partial charge in [-0.3, -0.25) is 14.6 Å². The van der Waals surface area contributed by atoms with E-state index in [1.807, 2.05) is 0 Å². The number of anilines is 2. The third kappa shape index (κ3) is 4.50. The zero-order valence-corrected chi connectivity index (χ0v) is 20.6. The van der Waals surface area contributed by atoms with Crippen LogP contribution in [0.3, 0.4) is 0 Å². The molecule has 1 aliphatic heterocycles. The third-order valence-electron chi connectivity index (χ3n) is 6.57. The van der Waals surface area contributed by atoms with E-state index in [1.54, 1.807) is 6.07 Å². The molecule has 9 nitrogen and oxygen atoms in total. The van der Waals surface area contributed by atoms with Crippen LogP contribution in [0.1, 0.15) is 28.8 Å². The maximum absolute atomic E-state index is 13.4. The van der Waals surface area contributed by atoms with E-state index in [2.05, 4.69) is 10.3 Å². The molecule has 1 saturated heterocycles. The average molecular weight is 563 g/mol. The molecule has 2 aromatic carbocycles. The number of urea groups is 1. The van der Waals surface area contributed by atoms with Crippen molar-refractivity contribution in [3.05, 3.63) is 83.9 Å². The minimum Gasteiger partial charge on any atom is -0.320 e. The first-order valence-electron chi connectivity index (χ1n) is 11.4. The summed E-state index contributed by atoms with van der Waals surface area (Å²) in [5, 5.41) is 2.66. The highest BCUT2D eigenvalue weighted by molar-refractivity contribution is 7.92. The van der Waals surface area contributed by atoms with Gasteiger partial charge in [0.25, 0.3) is 21.7 Å². The Morgan fingerprint density at radius 2 is 1.64 bits per heavy atom. The van der Waals surface area contributed by atoms with Crippen molar-refractivity contribution in [1.82, 2.24) is 9.88 Å². The predicted octanol–water partition coefficient (Wildman–Crippen LogP) is 4.27. The van der Waals surface area contributed by atoms with E-state index in [4.69, 9.17) is 0 Å². The van der Waals surface area contributed by atoms with Crippen LogP contribution < -0.4 is 10.2 Å². The first-order chi connectivity index (χ1) is 18.3. The van der Waals surface area contributed by atoms with Gasteiger partial charge in [0.1, 0.15) is 11.4 Å². The largest absolute Gasteiger partial charge is 0.501 e. The van der Waals surface area contributed by atoms with Crippen molar-refractivity contribution >= 4 is 39.1 Å². The topological polar surface area (TPSA) is 117 Å². The summed E-state index contributed by atoms with van der Waals surface area (Å²) in [5.41, 5.74) is -5.88. The lowest BCUT2D eigenvalue weighted by Crippen LogP contribution is -2.36. The van der Waals surface area contributed by atoms with Crippen molar-refractivity contribution in [2.24, 2.45) is 0 Å². The molecule has 14 heteroatoms. The Labute approximate surface area is 219 Å². The molecule has 0 unspecified atom stereocenters. The molecule has 1 aliphatic carbocycles. The standard InChI is InChI=1S/C25H18F4N4O5S/c26-17-3-1-15(2-4-17)21(34)31-20-13-30-12-9-16(20)14-32-23(36)33(22(35)24(32)10-11-24)18-5-7-19(8-6-18)39(37,38)25(27,28)29/h1-9,12-13H,10-11,14H2,(H,31,34). The second-order valence-corrected chi connectivity index (χ2v) is 10.9. The number of rotatable bonds is 6. The van der Waals surface area contributed by atoms with E-state index in [-0.39, 0.29) is 23.5 Å². The van der Waals surface area contributed by atoms with E-state index in [9.17, 15) is 40.4 Å². The highest BCUT2D eigenvalue weighted by atomic mass is 32.2. The monoisotopic (exact) mass is 562 g/mol. The first-order valence-corrected chi connectivity index (χ1v) is 12.9. The number of amides is 4. The molecule has 0 radical (unpaired) electrons. The van der Waals surface area contributed by atoms with Gasteiger partial charge in [0.05, 0.1) is 29.0 Å². The summed E-state index contributed by atoms with van der Waals surface area (Å²) in [5.74, 6) is -1.66. The molecular weight excluding hydrogens is 544 g/mol. The summed E-state index contributed by atoms with van der Waals surface area (Å²) in [7, 11) is -5.60. The molecule has 2 aliphatic rings. The summed E-state index contributed by atoms with van der Waals surface area (Å²) in [6.07, 6.45) is 3.48. The third-order valence-corrected chi connectivity index (χ3v) is 8.07. The Kier molecular flexibility index (Phi) is 6.17. The SMILES string of the molecule is O=C(Nc1cnccc1CN1C(=O)N(c2ccc(S(=O)(=O)C(F)(F)F)cc2)C(=O)C12CC2)c1ccc(F)cc1. The second-order valence-electron chi connectivity index (χ2n) is 8.98. The molecule has 0 atom stereocenters. The molecule has 3 aromatic rings. The van der Waals surface area contributed by atoms with Crippen molar-refractivity contribution in [3.8, 4) is 0 Å². The fourth-order valence-corrected chi connectivity index (χ4v) is 5.07. The number of benzene rings is 2. The maximum Gasteiger partial charge on any atom is 0.501 e. The number of hydrogen-bond acceptors (Lipinski definition) is 6. The molecule has 2 fully saturated rings. The molecule has 1 spiro atoms. The normalized spacial score (nSPS) is 16.6. The van der Waals surface area contributed by atoms with Gasteiger partial charge in [-0.15, -0.1) is 0 Å². The predicted molar refractivity (Wildman–Crippen MR) is 129 cm³/mol. The molecular formula is C25H18F4N4O5S. The highest BCUT2D eigenvalue weighted by Crippen LogP contribution is 2.50. The fourth-order valence-electron chi connectivity index (χ4n) is 4.31. The van der Waals surface area contributed by atoms with Gasteiger partial charge in [0, 0.05) is 11.8 Å². The van der Waals surface area contributed by atoms with Gasteiger partial charge in [0.2, 0.25) is 0 Å². The van der Waals surface area contributed by atoms with Gasteiger partial charge >= 0.3 is 11.5 Å². The Morgan fingerprint density at radius 1 is 1.00 bits per heavy atom. The number of sulfone groups is 1. The van der Waals surface area contributed by atoms with Crippen LogP contribution in [-0.4, -0.2) is 47.2 Å². The van der Waals surface area contributed by atoms with Gasteiger partial charge in [-0.25, -0.2) is 22.5 Å². The van der Waals surface area contributed by atoms with Crippen LogP contribution in [0.25, 0.3) is 0 Å². The van der Waals surface area contributed by atoms with E-state index in [0.29, 0.717) is 30.5 Å². The minimum absolute atomic E-state index is 0.0838. The van der Waals surface area contributed by atoms with Crippen LogP contribution >= 0.6 is 0 Å². The van der Waals surface area contributed by atoms with E-state index in [0.717, 1.165) is 29.2 Å². The summed E-state index contributed by atoms with van der Waals surface area (Å²) in [4.78, 5) is 44.4. The number of nitrogens with one attached hydrogen (secondary N) is 1. The van der Waals surface area contributed by atoms with Crippen LogP contribution in [0.4, 0.5) is 33.7 Å². The first kappa shape index (κ1) is 26.3. The number of imide groups is 1. The molecule has 1 aromatic heterocycles. The van der Waals surface area contributed by atoms with Crippen molar-refractivity contribution < 1.29 is 40.4 Å². The van der Waals surface area contributed by atoms with Crippen LogP contribution in [0, 0.1) is 5.82 Å². The number of carbonyl (C=O) groups excluding carboxylic acids is 3. The van der Waals surface area contributed by atoms with Gasteiger partial charge < -0.3 is 10.2 Å². The summed E-state index contributed by atoms with van der Waals surface area (Å²) < 4.78 is 75.2. The number of nitrogens with zero attached hydrogens (tertiary/aromatic N) is 3. The van der Waals surface area contributed by atoms with Crippen molar-refractivity contribution in [2.45, 2.75) is 35.3 Å². The average Bonchev–Trinajstić information content (AvgIpc) is 3.66. The van der Waals surface area contributed by atoms with Crippen molar-refractivity contribution in [2.75, 3.05) is 10.2 Å². The lowest BCUT2D eigenvalue weighted by molar-refractivity contribution is -0.120. The van der Waals surface area contributed by atoms with E-state index >= 15 is 0 Å². The number of pyridine rings is 1. The quantitative estimate of drug-likeness (QED) is 0.354. The number of alkyl halides is 3. The molecule has 0 bridgehead atoms. The molecule has 5 rings (SSSR count). The Bertz CT molecular complexity index is 1590. The van der Waals surface area contributed by atoms with Gasteiger partial charge in [-0.2, -0.15) is 13.2 Å². The molecule has 1 saturated carbocycles. The molecule has 39 heavy (non-hydrogen) atoms. The lowest BCUT2D eigenvalue weighted by atomic mass is 10.1. The lowest BCUT2D eigenvalue weighted by Gasteiger charge is -2.22. The highest BCUT2D eigenvalue weighted by Gasteiger charge is 2.65. The number of halogens is 4. The molecule has 4 amide bonds. The van der Waals surface area contributed by atoms with Gasteiger partial charge in [0.15, 0.2) is 0 Å². The van der Waals surface area contributed by atoms with Crippen LogP contribution in [0.2, 0.25) is 0 Å². The fraction of sp³-hybridized carbons (Fsp3) is 0.200. The second kappa shape index (κ2) is 9.15. The molecule has 1 N–H and O–H groups in total. The number of aromatic nitrogens is 1. The molecule has 2 heterocycles. The van der Waals surface area contributed by atoms with E-state index < -0.39 is 49.4 Å². The number of hydrogen-bond donors (Lipinski definition) is 1. The van der Waals surface area contributed by atoms with E-state index in [1.165, 1.54) is 29.4 Å². The Hall–Kier alpha value is -4.33. The number of carbonyl (C=O) groups is 3. The molecule has 202 valence electrons. The van der Waals surface area contributed by atoms with Gasteiger partial charge in [-0.05, 0) is 73.0 Å². The Balaban J connectivity index is 1.40. The maximum atomic E-state index is 13.4. The Morgan fingerprint density at radius 3 is 2.23 bits per heavy atom.